The average Bonchev–Trinajstić information content (AvgIpc) is 2.92. The van der Waals surface area contributed by atoms with Gasteiger partial charge in [0.2, 0.25) is 5.95 Å². The minimum atomic E-state index is -0.234. The summed E-state index contributed by atoms with van der Waals surface area (Å²) in [5, 5.41) is 3.33. The molecule has 0 amide bonds. The highest BCUT2D eigenvalue weighted by Crippen LogP contribution is 2.30. The van der Waals surface area contributed by atoms with E-state index < -0.39 is 0 Å². The molecule has 96 valence electrons. The molecule has 2 aromatic rings. The van der Waals surface area contributed by atoms with Crippen LogP contribution < -0.4 is 5.32 Å². The van der Waals surface area contributed by atoms with E-state index >= 15 is 0 Å². The Bertz CT molecular complexity index is 549. The van der Waals surface area contributed by atoms with Crippen molar-refractivity contribution in [3.63, 3.8) is 0 Å². The maximum absolute atomic E-state index is 13.1. The lowest BCUT2D eigenvalue weighted by molar-refractivity contribution is 0.536. The molecule has 0 spiro atoms. The number of hydrogen-bond donors (Lipinski definition) is 2. The molecular formula is C14H18FN3. The van der Waals surface area contributed by atoms with Gasteiger partial charge in [0, 0.05) is 6.54 Å². The molecule has 0 saturated heterocycles. The highest BCUT2D eigenvalue weighted by Gasteiger charge is 2.21. The van der Waals surface area contributed by atoms with Gasteiger partial charge < -0.3 is 10.3 Å². The average molecular weight is 247 g/mol. The van der Waals surface area contributed by atoms with Gasteiger partial charge in [0.05, 0.1) is 11.0 Å². The fraction of sp³-hybridized carbons (Fsp3) is 0.500. The summed E-state index contributed by atoms with van der Waals surface area (Å²) < 4.78 is 13.1. The number of nitrogens with zero attached hydrogens (tertiary/aromatic N) is 1. The summed E-state index contributed by atoms with van der Waals surface area (Å²) in [7, 11) is 0. The fourth-order valence-corrected chi connectivity index (χ4v) is 2.82. The SMILES string of the molecule is CC1CCC(CNc2nc3ccc(F)cc3[nH]2)C1. The zero-order chi connectivity index (χ0) is 12.5. The molecule has 3 rings (SSSR count). The third-order valence-electron chi connectivity index (χ3n) is 3.81. The van der Waals surface area contributed by atoms with Gasteiger partial charge in [-0.25, -0.2) is 9.37 Å². The third kappa shape index (κ3) is 2.33. The summed E-state index contributed by atoms with van der Waals surface area (Å²) in [6, 6.07) is 4.61. The van der Waals surface area contributed by atoms with Crippen LogP contribution in [0, 0.1) is 17.7 Å². The fourth-order valence-electron chi connectivity index (χ4n) is 2.82. The van der Waals surface area contributed by atoms with Crippen LogP contribution >= 0.6 is 0 Å². The van der Waals surface area contributed by atoms with Crippen LogP contribution in [0.3, 0.4) is 0 Å². The number of aromatic amines is 1. The lowest BCUT2D eigenvalue weighted by Crippen LogP contribution is -2.12. The highest BCUT2D eigenvalue weighted by atomic mass is 19.1. The van der Waals surface area contributed by atoms with E-state index in [1.807, 2.05) is 0 Å². The van der Waals surface area contributed by atoms with Gasteiger partial charge in [0.15, 0.2) is 0 Å². The van der Waals surface area contributed by atoms with Crippen LogP contribution in [0.1, 0.15) is 26.2 Å². The lowest BCUT2D eigenvalue weighted by atomic mass is 10.1. The summed E-state index contributed by atoms with van der Waals surface area (Å²) in [5.41, 5.74) is 1.55. The third-order valence-corrected chi connectivity index (χ3v) is 3.81. The van der Waals surface area contributed by atoms with Gasteiger partial charge in [0.25, 0.3) is 0 Å². The second-order valence-corrected chi connectivity index (χ2v) is 5.41. The van der Waals surface area contributed by atoms with Crippen molar-refractivity contribution in [3.05, 3.63) is 24.0 Å². The van der Waals surface area contributed by atoms with E-state index in [1.165, 1.54) is 31.4 Å². The summed E-state index contributed by atoms with van der Waals surface area (Å²) in [5.74, 6) is 2.10. The number of imidazole rings is 1. The van der Waals surface area contributed by atoms with Gasteiger partial charge in [-0.05, 0) is 42.9 Å². The van der Waals surface area contributed by atoms with Crippen LogP contribution in [0.25, 0.3) is 11.0 Å². The molecular weight excluding hydrogens is 229 g/mol. The minimum absolute atomic E-state index is 0.234. The van der Waals surface area contributed by atoms with Gasteiger partial charge in [-0.1, -0.05) is 13.3 Å². The first-order valence-corrected chi connectivity index (χ1v) is 6.60. The Morgan fingerprint density at radius 2 is 2.33 bits per heavy atom. The number of rotatable bonds is 3. The number of aromatic nitrogens is 2. The smallest absolute Gasteiger partial charge is 0.201 e. The van der Waals surface area contributed by atoms with E-state index in [9.17, 15) is 4.39 Å². The van der Waals surface area contributed by atoms with Crippen molar-refractivity contribution < 1.29 is 4.39 Å². The predicted octanol–water partition coefficient (Wildman–Crippen LogP) is 3.55. The minimum Gasteiger partial charge on any atom is -0.356 e. The summed E-state index contributed by atoms with van der Waals surface area (Å²) in [6.45, 7) is 3.26. The van der Waals surface area contributed by atoms with Crippen molar-refractivity contribution in [3.8, 4) is 0 Å². The Morgan fingerprint density at radius 1 is 1.44 bits per heavy atom. The van der Waals surface area contributed by atoms with Crippen molar-refractivity contribution in [1.29, 1.82) is 0 Å². The van der Waals surface area contributed by atoms with Crippen molar-refractivity contribution in [1.82, 2.24) is 9.97 Å². The molecule has 0 bridgehead atoms. The van der Waals surface area contributed by atoms with Crippen molar-refractivity contribution in [2.45, 2.75) is 26.2 Å². The molecule has 1 heterocycles. The van der Waals surface area contributed by atoms with Gasteiger partial charge in [-0.3, -0.25) is 0 Å². The summed E-state index contributed by atoms with van der Waals surface area (Å²) in [4.78, 5) is 7.51. The molecule has 18 heavy (non-hydrogen) atoms. The van der Waals surface area contributed by atoms with Gasteiger partial charge in [0.1, 0.15) is 5.82 Å². The number of benzene rings is 1. The van der Waals surface area contributed by atoms with Crippen LogP contribution in [0.4, 0.5) is 10.3 Å². The molecule has 1 saturated carbocycles. The maximum Gasteiger partial charge on any atom is 0.201 e. The van der Waals surface area contributed by atoms with Gasteiger partial charge >= 0.3 is 0 Å². The first-order valence-electron chi connectivity index (χ1n) is 6.60. The standard InChI is InChI=1S/C14H18FN3/c1-9-2-3-10(6-9)8-16-14-17-12-5-4-11(15)7-13(12)18-14/h4-5,7,9-10H,2-3,6,8H2,1H3,(H2,16,17,18). The quantitative estimate of drug-likeness (QED) is 0.870. The molecule has 4 heteroatoms. The number of nitrogens with one attached hydrogen (secondary N) is 2. The topological polar surface area (TPSA) is 40.7 Å². The van der Waals surface area contributed by atoms with E-state index in [2.05, 4.69) is 22.2 Å². The lowest BCUT2D eigenvalue weighted by Gasteiger charge is -2.09. The van der Waals surface area contributed by atoms with Crippen molar-refractivity contribution >= 4 is 17.0 Å². The Labute approximate surface area is 106 Å². The highest BCUT2D eigenvalue weighted by molar-refractivity contribution is 5.77. The molecule has 2 unspecified atom stereocenters. The summed E-state index contributed by atoms with van der Waals surface area (Å²) >= 11 is 0. The Morgan fingerprint density at radius 3 is 3.11 bits per heavy atom. The van der Waals surface area contributed by atoms with Crippen molar-refractivity contribution in [2.75, 3.05) is 11.9 Å². The van der Waals surface area contributed by atoms with Crippen LogP contribution in [0.5, 0.6) is 0 Å². The maximum atomic E-state index is 13.1. The molecule has 1 aliphatic carbocycles. The largest absolute Gasteiger partial charge is 0.356 e. The normalized spacial score (nSPS) is 23.7. The first kappa shape index (κ1) is 11.5. The second kappa shape index (κ2) is 4.59. The van der Waals surface area contributed by atoms with Crippen LogP contribution in [-0.2, 0) is 0 Å². The molecule has 2 atom stereocenters. The number of hydrogen-bond acceptors (Lipinski definition) is 2. The number of fused-ring (bicyclic) bond motifs is 1. The molecule has 1 aromatic carbocycles. The molecule has 2 N–H and O–H groups in total. The molecule has 0 aliphatic heterocycles. The second-order valence-electron chi connectivity index (χ2n) is 5.41. The van der Waals surface area contributed by atoms with E-state index in [0.717, 1.165) is 35.4 Å². The molecule has 3 nitrogen and oxygen atoms in total. The number of halogens is 1. The van der Waals surface area contributed by atoms with Crippen LogP contribution in [0.2, 0.25) is 0 Å². The van der Waals surface area contributed by atoms with Gasteiger partial charge in [-0.2, -0.15) is 0 Å². The van der Waals surface area contributed by atoms with Crippen LogP contribution in [0.15, 0.2) is 18.2 Å². The monoisotopic (exact) mass is 247 g/mol. The first-order chi connectivity index (χ1) is 8.70. The molecule has 0 radical (unpaired) electrons. The van der Waals surface area contributed by atoms with E-state index in [4.69, 9.17) is 0 Å². The molecule has 1 aliphatic rings. The summed E-state index contributed by atoms with van der Waals surface area (Å²) in [6.07, 6.45) is 3.92. The molecule has 1 aromatic heterocycles. The predicted molar refractivity (Wildman–Crippen MR) is 71.0 cm³/mol. The van der Waals surface area contributed by atoms with Crippen LogP contribution in [-0.4, -0.2) is 16.5 Å². The number of anilines is 1. The zero-order valence-corrected chi connectivity index (χ0v) is 10.5. The Balaban J connectivity index is 1.67. The van der Waals surface area contributed by atoms with Gasteiger partial charge in [-0.15, -0.1) is 0 Å². The number of H-pyrrole nitrogens is 1. The van der Waals surface area contributed by atoms with E-state index in [0.29, 0.717) is 0 Å². The van der Waals surface area contributed by atoms with Crippen molar-refractivity contribution in [2.24, 2.45) is 11.8 Å². The van der Waals surface area contributed by atoms with E-state index in [-0.39, 0.29) is 5.82 Å². The van der Waals surface area contributed by atoms with E-state index in [1.54, 1.807) is 6.07 Å². The Kier molecular flexibility index (Phi) is 2.94. The Hall–Kier alpha value is -1.58. The molecule has 1 fully saturated rings. The zero-order valence-electron chi connectivity index (χ0n) is 10.5.